The van der Waals surface area contributed by atoms with Gasteiger partial charge in [0.1, 0.15) is 5.75 Å². The Balaban J connectivity index is 2.88. The van der Waals surface area contributed by atoms with Crippen LogP contribution in [0.3, 0.4) is 0 Å². The molecule has 0 aromatic heterocycles. The maximum absolute atomic E-state index is 10.4. The highest BCUT2D eigenvalue weighted by atomic mass is 16.3. The lowest BCUT2D eigenvalue weighted by Gasteiger charge is -2.18. The van der Waals surface area contributed by atoms with Crippen molar-refractivity contribution in [3.8, 4) is 5.75 Å². The number of phenolic OH excluding ortho intramolecular Hbond substituents is 1. The number of benzene rings is 1. The molecule has 0 amide bonds. The zero-order valence-electron chi connectivity index (χ0n) is 13.9. The Hall–Kier alpha value is -0.980. The van der Waals surface area contributed by atoms with Gasteiger partial charge in [-0.3, -0.25) is 0 Å². The fourth-order valence-electron chi connectivity index (χ4n) is 3.24. The zero-order valence-corrected chi connectivity index (χ0v) is 13.9. The molecule has 1 heteroatoms. The van der Waals surface area contributed by atoms with Crippen molar-refractivity contribution in [3.63, 3.8) is 0 Å². The van der Waals surface area contributed by atoms with Crippen LogP contribution in [0.4, 0.5) is 0 Å². The van der Waals surface area contributed by atoms with Crippen LogP contribution >= 0.6 is 0 Å². The Bertz CT molecular complexity index is 407. The largest absolute Gasteiger partial charge is 0.508 e. The quantitative estimate of drug-likeness (QED) is 0.583. The van der Waals surface area contributed by atoms with Crippen molar-refractivity contribution in [2.45, 2.75) is 85.5 Å². The smallest absolute Gasteiger partial charge is 0.119 e. The first-order valence-electron chi connectivity index (χ1n) is 8.54. The van der Waals surface area contributed by atoms with E-state index < -0.39 is 0 Å². The number of hydrogen-bond acceptors (Lipinski definition) is 1. The minimum Gasteiger partial charge on any atom is -0.508 e. The number of rotatable bonds is 9. The molecule has 1 N–H and O–H groups in total. The number of unbranched alkanes of at least 4 members (excludes halogenated alkanes) is 4. The Morgan fingerprint density at radius 1 is 0.750 bits per heavy atom. The van der Waals surface area contributed by atoms with Crippen LogP contribution < -0.4 is 0 Å². The van der Waals surface area contributed by atoms with E-state index in [1.54, 1.807) is 0 Å². The molecule has 0 aliphatic heterocycles. The van der Waals surface area contributed by atoms with Gasteiger partial charge in [0.05, 0.1) is 0 Å². The second-order valence-corrected chi connectivity index (χ2v) is 5.72. The van der Waals surface area contributed by atoms with E-state index >= 15 is 0 Å². The Morgan fingerprint density at radius 3 is 1.95 bits per heavy atom. The van der Waals surface area contributed by atoms with Gasteiger partial charge in [-0.2, -0.15) is 0 Å². The summed E-state index contributed by atoms with van der Waals surface area (Å²) in [4.78, 5) is 0. The van der Waals surface area contributed by atoms with Gasteiger partial charge in [-0.1, -0.05) is 53.4 Å². The number of aryl methyl sites for hydroxylation is 1. The summed E-state index contributed by atoms with van der Waals surface area (Å²) in [5, 5.41) is 10.4. The van der Waals surface area contributed by atoms with E-state index in [1.165, 1.54) is 54.4 Å². The highest BCUT2D eigenvalue weighted by Gasteiger charge is 2.14. The van der Waals surface area contributed by atoms with Crippen LogP contribution in [-0.4, -0.2) is 5.11 Å². The molecule has 0 unspecified atom stereocenters. The predicted molar refractivity (Wildman–Crippen MR) is 88.7 cm³/mol. The molecular formula is C19H32O. The SMILES string of the molecule is CCCCCCCc1c(O)cc(CC)c(CC)c1CC. The minimum absolute atomic E-state index is 0.534. The molecule has 0 saturated heterocycles. The molecule has 1 rings (SSSR count). The van der Waals surface area contributed by atoms with Crippen LogP contribution in [0.25, 0.3) is 0 Å². The maximum atomic E-state index is 10.4. The first-order chi connectivity index (χ1) is 9.69. The average molecular weight is 276 g/mol. The number of phenols is 1. The fourth-order valence-corrected chi connectivity index (χ4v) is 3.24. The summed E-state index contributed by atoms with van der Waals surface area (Å²) in [7, 11) is 0. The van der Waals surface area contributed by atoms with Crippen molar-refractivity contribution in [3.05, 3.63) is 28.3 Å². The van der Waals surface area contributed by atoms with E-state index in [4.69, 9.17) is 0 Å². The molecule has 0 atom stereocenters. The monoisotopic (exact) mass is 276 g/mol. The lowest BCUT2D eigenvalue weighted by Crippen LogP contribution is -2.04. The lowest BCUT2D eigenvalue weighted by molar-refractivity contribution is 0.463. The van der Waals surface area contributed by atoms with E-state index in [0.717, 1.165) is 25.7 Å². The molecule has 0 spiro atoms. The standard InChI is InChI=1S/C19H32O/c1-5-9-10-11-12-13-18-17(8-4)16(7-3)15(6-2)14-19(18)20/h14,20H,5-13H2,1-4H3. The van der Waals surface area contributed by atoms with Crippen LogP contribution in [0.15, 0.2) is 6.07 Å². The normalized spacial score (nSPS) is 11.0. The fraction of sp³-hybridized carbons (Fsp3) is 0.684. The molecule has 0 saturated carbocycles. The van der Waals surface area contributed by atoms with Crippen molar-refractivity contribution in [2.24, 2.45) is 0 Å². The molecule has 0 bridgehead atoms. The zero-order chi connectivity index (χ0) is 15.0. The van der Waals surface area contributed by atoms with Gasteiger partial charge in [0.15, 0.2) is 0 Å². The minimum atomic E-state index is 0.534. The number of hydrogen-bond donors (Lipinski definition) is 1. The second-order valence-electron chi connectivity index (χ2n) is 5.72. The highest BCUT2D eigenvalue weighted by molar-refractivity contribution is 5.49. The van der Waals surface area contributed by atoms with Crippen LogP contribution in [0, 0.1) is 0 Å². The van der Waals surface area contributed by atoms with Gasteiger partial charge in [0.2, 0.25) is 0 Å². The van der Waals surface area contributed by atoms with Crippen molar-refractivity contribution in [2.75, 3.05) is 0 Å². The topological polar surface area (TPSA) is 20.2 Å². The van der Waals surface area contributed by atoms with Crippen LogP contribution in [0.2, 0.25) is 0 Å². The van der Waals surface area contributed by atoms with E-state index in [9.17, 15) is 5.11 Å². The number of aromatic hydroxyl groups is 1. The predicted octanol–water partition coefficient (Wildman–Crippen LogP) is 5.59. The van der Waals surface area contributed by atoms with Gasteiger partial charge in [-0.15, -0.1) is 0 Å². The Morgan fingerprint density at radius 2 is 1.40 bits per heavy atom. The van der Waals surface area contributed by atoms with Crippen molar-refractivity contribution >= 4 is 0 Å². The molecule has 0 aliphatic carbocycles. The van der Waals surface area contributed by atoms with Crippen LogP contribution in [0.1, 0.15) is 82.1 Å². The molecule has 114 valence electrons. The summed E-state index contributed by atoms with van der Waals surface area (Å²) < 4.78 is 0. The molecule has 0 aliphatic rings. The summed E-state index contributed by atoms with van der Waals surface area (Å²) in [6, 6.07) is 2.01. The third-order valence-corrected chi connectivity index (χ3v) is 4.35. The summed E-state index contributed by atoms with van der Waals surface area (Å²) in [6.07, 6.45) is 10.6. The summed E-state index contributed by atoms with van der Waals surface area (Å²) >= 11 is 0. The molecule has 0 fully saturated rings. The third-order valence-electron chi connectivity index (χ3n) is 4.35. The maximum Gasteiger partial charge on any atom is 0.119 e. The summed E-state index contributed by atoms with van der Waals surface area (Å²) in [5.41, 5.74) is 5.45. The van der Waals surface area contributed by atoms with E-state index in [0.29, 0.717) is 5.75 Å². The molecule has 1 aromatic rings. The van der Waals surface area contributed by atoms with Crippen LogP contribution in [-0.2, 0) is 25.7 Å². The van der Waals surface area contributed by atoms with Gasteiger partial charge in [0, 0.05) is 0 Å². The molecule has 1 aromatic carbocycles. The molecule has 0 heterocycles. The summed E-state index contributed by atoms with van der Waals surface area (Å²) in [6.45, 7) is 8.87. The van der Waals surface area contributed by atoms with E-state index in [1.807, 2.05) is 6.07 Å². The summed E-state index contributed by atoms with van der Waals surface area (Å²) in [5.74, 6) is 0.534. The van der Waals surface area contributed by atoms with Gasteiger partial charge in [-0.05, 0) is 60.4 Å². The third kappa shape index (κ3) is 4.26. The molecule has 1 nitrogen and oxygen atoms in total. The van der Waals surface area contributed by atoms with Gasteiger partial charge < -0.3 is 5.11 Å². The molecule has 0 radical (unpaired) electrons. The average Bonchev–Trinajstić information content (AvgIpc) is 2.47. The second kappa shape index (κ2) is 9.05. The molecule has 20 heavy (non-hydrogen) atoms. The highest BCUT2D eigenvalue weighted by Crippen LogP contribution is 2.31. The first-order valence-corrected chi connectivity index (χ1v) is 8.54. The van der Waals surface area contributed by atoms with Gasteiger partial charge >= 0.3 is 0 Å². The first kappa shape index (κ1) is 17.1. The van der Waals surface area contributed by atoms with Gasteiger partial charge in [-0.25, -0.2) is 0 Å². The molecular weight excluding hydrogens is 244 g/mol. The van der Waals surface area contributed by atoms with Crippen molar-refractivity contribution < 1.29 is 5.11 Å². The van der Waals surface area contributed by atoms with Crippen molar-refractivity contribution in [1.29, 1.82) is 0 Å². The Kier molecular flexibility index (Phi) is 7.72. The van der Waals surface area contributed by atoms with Gasteiger partial charge in [0.25, 0.3) is 0 Å². The Labute approximate surface area is 125 Å². The van der Waals surface area contributed by atoms with Crippen molar-refractivity contribution in [1.82, 2.24) is 0 Å². The van der Waals surface area contributed by atoms with E-state index in [-0.39, 0.29) is 0 Å². The lowest BCUT2D eigenvalue weighted by atomic mass is 9.88. The van der Waals surface area contributed by atoms with E-state index in [2.05, 4.69) is 27.7 Å². The van der Waals surface area contributed by atoms with Crippen LogP contribution in [0.5, 0.6) is 5.75 Å².